The van der Waals surface area contributed by atoms with E-state index < -0.39 is 10.5 Å². The lowest BCUT2D eigenvalue weighted by Gasteiger charge is -2.15. The van der Waals surface area contributed by atoms with Crippen molar-refractivity contribution in [3.05, 3.63) is 60.2 Å². The average molecular weight is 413 g/mol. The van der Waals surface area contributed by atoms with E-state index in [1.54, 1.807) is 52.5 Å². The Morgan fingerprint density at radius 1 is 0.793 bits per heavy atom. The van der Waals surface area contributed by atoms with Crippen LogP contribution < -0.4 is 10.9 Å². The lowest BCUT2D eigenvalue weighted by Crippen LogP contribution is -2.33. The Kier molecular flexibility index (Phi) is 8.47. The van der Waals surface area contributed by atoms with E-state index in [0.717, 1.165) is 11.1 Å². The number of amides is 2. The van der Waals surface area contributed by atoms with Gasteiger partial charge in [0.15, 0.2) is 0 Å². The first-order valence-corrected chi connectivity index (χ1v) is 9.97. The van der Waals surface area contributed by atoms with Crippen LogP contribution in [0.4, 0.5) is 0 Å². The van der Waals surface area contributed by atoms with Crippen molar-refractivity contribution in [1.29, 1.82) is 0 Å². The minimum Gasteiger partial charge on any atom is -0.272 e. The van der Waals surface area contributed by atoms with Gasteiger partial charge in [-0.05, 0) is 52.0 Å². The number of pyridine rings is 2. The van der Waals surface area contributed by atoms with Crippen molar-refractivity contribution in [2.45, 2.75) is 38.2 Å². The molecule has 29 heavy (non-hydrogen) atoms. The second kappa shape index (κ2) is 11.1. The van der Waals surface area contributed by atoms with Gasteiger partial charge in [0.05, 0.1) is 21.9 Å². The second-order valence-corrected chi connectivity index (χ2v) is 7.93. The fourth-order valence-electron chi connectivity index (χ4n) is 2.20. The zero-order valence-corrected chi connectivity index (χ0v) is 17.6. The Labute approximate surface area is 174 Å². The molecular weight excluding hydrogens is 388 g/mol. The lowest BCUT2D eigenvalue weighted by atomic mass is 10.2. The maximum atomic E-state index is 12.3. The summed E-state index contributed by atoms with van der Waals surface area (Å²) in [7, 11) is 0. The van der Waals surface area contributed by atoms with Gasteiger partial charge in [-0.3, -0.25) is 19.6 Å². The Morgan fingerprint density at radius 2 is 1.14 bits per heavy atom. The van der Waals surface area contributed by atoms with Crippen LogP contribution in [0, 0.1) is 0 Å². The molecule has 9 heteroatoms. The monoisotopic (exact) mass is 412 g/mol. The number of hydrogen-bond donors (Lipinski definition) is 2. The number of thioether (sulfide) groups is 1. The molecule has 0 spiro atoms. The molecule has 0 aromatic carbocycles. The van der Waals surface area contributed by atoms with E-state index in [-0.39, 0.29) is 11.8 Å². The highest BCUT2D eigenvalue weighted by Crippen LogP contribution is 2.18. The van der Waals surface area contributed by atoms with Crippen LogP contribution in [-0.4, -0.2) is 43.7 Å². The van der Waals surface area contributed by atoms with Crippen LogP contribution in [0.5, 0.6) is 0 Å². The van der Waals surface area contributed by atoms with Crippen LogP contribution in [0.3, 0.4) is 0 Å². The van der Waals surface area contributed by atoms with Gasteiger partial charge < -0.3 is 0 Å². The Bertz CT molecular complexity index is 813. The third kappa shape index (κ3) is 7.11. The highest BCUT2D eigenvalue weighted by atomic mass is 32.2. The minimum atomic E-state index is -0.463. The molecule has 2 atom stereocenters. The fourth-order valence-corrected chi connectivity index (χ4v) is 3.17. The first-order valence-electron chi connectivity index (χ1n) is 9.03. The minimum absolute atomic E-state index is 0.278. The van der Waals surface area contributed by atoms with Gasteiger partial charge in [0.2, 0.25) is 0 Å². The Morgan fingerprint density at radius 3 is 1.48 bits per heavy atom. The highest BCUT2D eigenvalue weighted by molar-refractivity contribution is 8.01. The molecule has 0 radical (unpaired) electrons. The topological polar surface area (TPSA) is 109 Å². The molecule has 0 aliphatic carbocycles. The van der Waals surface area contributed by atoms with Crippen molar-refractivity contribution in [1.82, 2.24) is 20.8 Å². The van der Waals surface area contributed by atoms with Crippen molar-refractivity contribution < 1.29 is 9.59 Å². The molecule has 0 aliphatic rings. The summed E-state index contributed by atoms with van der Waals surface area (Å²) in [6, 6.07) is 7.24. The van der Waals surface area contributed by atoms with E-state index in [9.17, 15) is 9.59 Å². The Hall–Kier alpha value is -3.07. The number of aromatic nitrogens is 2. The maximum absolute atomic E-state index is 12.3. The Balaban J connectivity index is 1.84. The van der Waals surface area contributed by atoms with Crippen molar-refractivity contribution in [2.75, 3.05) is 0 Å². The number of nitrogens with zero attached hydrogens (tertiary/aromatic N) is 4. The van der Waals surface area contributed by atoms with Gasteiger partial charge in [-0.2, -0.15) is 10.2 Å². The van der Waals surface area contributed by atoms with Gasteiger partial charge in [-0.1, -0.05) is 0 Å². The summed E-state index contributed by atoms with van der Waals surface area (Å²) in [5, 5.41) is 7.29. The van der Waals surface area contributed by atoms with E-state index in [0.29, 0.717) is 11.4 Å². The largest absolute Gasteiger partial charge is 0.272 e. The normalized spacial score (nSPS) is 14.1. The average Bonchev–Trinajstić information content (AvgIpc) is 2.76. The lowest BCUT2D eigenvalue weighted by molar-refractivity contribution is -0.120. The van der Waals surface area contributed by atoms with Gasteiger partial charge >= 0.3 is 0 Å². The number of carbonyl (C=O) groups excluding carboxylic acids is 2. The summed E-state index contributed by atoms with van der Waals surface area (Å²) in [6.45, 7) is 7.05. The molecule has 0 aliphatic heterocycles. The SMILES string of the molecule is C/C(=N\NC(=O)[C@H](C)S[C@@H](C)C(=O)N/N=C(\C)c1ccncc1)c1ccncc1. The van der Waals surface area contributed by atoms with E-state index >= 15 is 0 Å². The predicted octanol–water partition coefficient (Wildman–Crippen LogP) is 2.37. The summed E-state index contributed by atoms with van der Waals surface area (Å²) in [4.78, 5) is 32.4. The smallest absolute Gasteiger partial charge is 0.252 e. The highest BCUT2D eigenvalue weighted by Gasteiger charge is 2.21. The molecule has 2 rings (SSSR count). The maximum Gasteiger partial charge on any atom is 0.252 e. The molecule has 2 aromatic heterocycles. The van der Waals surface area contributed by atoms with Crippen molar-refractivity contribution >= 4 is 35.0 Å². The first kappa shape index (κ1) is 22.2. The van der Waals surface area contributed by atoms with Gasteiger partial charge in [0, 0.05) is 35.9 Å². The predicted molar refractivity (Wildman–Crippen MR) is 116 cm³/mol. The van der Waals surface area contributed by atoms with Gasteiger partial charge in [-0.15, -0.1) is 11.8 Å². The zero-order valence-electron chi connectivity index (χ0n) is 16.8. The number of rotatable bonds is 8. The van der Waals surface area contributed by atoms with Crippen molar-refractivity contribution in [2.24, 2.45) is 10.2 Å². The van der Waals surface area contributed by atoms with E-state index in [4.69, 9.17) is 0 Å². The second-order valence-electron chi connectivity index (χ2n) is 6.24. The summed E-state index contributed by atoms with van der Waals surface area (Å²) >= 11 is 1.23. The molecule has 0 bridgehead atoms. The third-order valence-electron chi connectivity index (χ3n) is 4.01. The molecule has 2 aromatic rings. The van der Waals surface area contributed by atoms with Crippen LogP contribution in [0.25, 0.3) is 0 Å². The summed E-state index contributed by atoms with van der Waals surface area (Å²) < 4.78 is 0. The van der Waals surface area contributed by atoms with Gasteiger partial charge in [-0.25, -0.2) is 10.9 Å². The molecule has 2 N–H and O–H groups in total. The quantitative estimate of drug-likeness (QED) is 0.511. The molecule has 2 heterocycles. The van der Waals surface area contributed by atoms with Gasteiger partial charge in [0.1, 0.15) is 0 Å². The third-order valence-corrected chi connectivity index (χ3v) is 5.26. The van der Waals surface area contributed by atoms with Gasteiger partial charge in [0.25, 0.3) is 11.8 Å². The summed E-state index contributed by atoms with van der Waals surface area (Å²) in [6.07, 6.45) is 6.64. The number of hydrazone groups is 2. The number of hydrogen-bond acceptors (Lipinski definition) is 7. The molecule has 8 nitrogen and oxygen atoms in total. The van der Waals surface area contributed by atoms with Crippen molar-refractivity contribution in [3.63, 3.8) is 0 Å². The van der Waals surface area contributed by atoms with Crippen molar-refractivity contribution in [3.8, 4) is 0 Å². The first-order chi connectivity index (χ1) is 13.9. The number of carbonyl (C=O) groups is 2. The molecule has 0 fully saturated rings. The molecule has 0 saturated carbocycles. The fraction of sp³-hybridized carbons (Fsp3) is 0.300. The van der Waals surface area contributed by atoms with Crippen LogP contribution >= 0.6 is 11.8 Å². The molecule has 152 valence electrons. The van der Waals surface area contributed by atoms with E-state index in [2.05, 4.69) is 31.0 Å². The van der Waals surface area contributed by atoms with Crippen LogP contribution in [-0.2, 0) is 9.59 Å². The van der Waals surface area contributed by atoms with Crippen LogP contribution in [0.1, 0.15) is 38.8 Å². The summed E-state index contributed by atoms with van der Waals surface area (Å²) in [5.41, 5.74) is 8.16. The number of nitrogens with one attached hydrogen (secondary N) is 2. The molecule has 0 unspecified atom stereocenters. The summed E-state index contributed by atoms with van der Waals surface area (Å²) in [5.74, 6) is -0.556. The van der Waals surface area contributed by atoms with Crippen LogP contribution in [0.15, 0.2) is 59.3 Å². The van der Waals surface area contributed by atoms with E-state index in [1.807, 2.05) is 24.3 Å². The van der Waals surface area contributed by atoms with E-state index in [1.165, 1.54) is 11.8 Å². The zero-order chi connectivity index (χ0) is 21.2. The molecular formula is C20H24N6O2S. The molecule has 2 amide bonds. The standard InChI is InChI=1S/C20H24N6O2S/c1-13(17-5-9-21-10-6-17)23-25-19(27)15(3)29-16(4)20(28)26-24-14(2)18-7-11-22-12-8-18/h5-12,15-16H,1-4H3,(H,25,27)(H,26,28)/b23-13+,24-14+/t15-,16-/m0/s1. The van der Waals surface area contributed by atoms with Crippen LogP contribution in [0.2, 0.25) is 0 Å². The molecule has 0 saturated heterocycles.